The van der Waals surface area contributed by atoms with Gasteiger partial charge >= 0.3 is 5.97 Å². The van der Waals surface area contributed by atoms with Crippen LogP contribution in [-0.2, 0) is 16.1 Å². The van der Waals surface area contributed by atoms with Gasteiger partial charge < -0.3 is 18.8 Å². The van der Waals surface area contributed by atoms with Crippen molar-refractivity contribution in [2.75, 3.05) is 20.8 Å². The fraction of sp³-hybridized carbons (Fsp3) is 0.154. The standard InChI is InChI=1S/C39H31Cl2N3O5S/c1-4-49-38(46)34-35(23-10-6-5-7-11-23)42-39-44(36(34)24-15-17-31(47-2)32(18-24)48-3)37(45)33(50-39)19-26-22-43(30-13-9-8-12-28(26)30)21-25-14-16-27(40)20-29(25)41/h5-20,22,36H,4,21H2,1-3H3/b33-19+. The maximum atomic E-state index is 14.6. The number of carbonyl (C=O) groups is 1. The molecule has 4 aromatic carbocycles. The van der Waals surface area contributed by atoms with E-state index in [1.54, 1.807) is 43.9 Å². The molecule has 2 aromatic heterocycles. The molecule has 0 fully saturated rings. The summed E-state index contributed by atoms with van der Waals surface area (Å²) >= 11 is 14.0. The first-order valence-electron chi connectivity index (χ1n) is 15.8. The Morgan fingerprint density at radius 1 is 0.940 bits per heavy atom. The van der Waals surface area contributed by atoms with E-state index in [0.717, 1.165) is 27.6 Å². The first kappa shape index (κ1) is 33.4. The maximum Gasteiger partial charge on any atom is 0.338 e. The van der Waals surface area contributed by atoms with Crippen LogP contribution in [0.1, 0.15) is 35.2 Å². The average Bonchev–Trinajstić information content (AvgIpc) is 3.64. The van der Waals surface area contributed by atoms with Gasteiger partial charge in [-0.15, -0.1) is 0 Å². The third kappa shape index (κ3) is 6.13. The highest BCUT2D eigenvalue weighted by Crippen LogP contribution is 2.38. The molecule has 0 saturated carbocycles. The molecule has 1 aliphatic heterocycles. The summed E-state index contributed by atoms with van der Waals surface area (Å²) in [6.07, 6.45) is 3.90. The van der Waals surface area contributed by atoms with E-state index >= 15 is 0 Å². The quantitative estimate of drug-likeness (QED) is 0.147. The second-order valence-corrected chi connectivity index (χ2v) is 13.4. The summed E-state index contributed by atoms with van der Waals surface area (Å²) < 4.78 is 20.9. The number of fused-ring (bicyclic) bond motifs is 2. The molecule has 252 valence electrons. The van der Waals surface area contributed by atoms with E-state index in [4.69, 9.17) is 42.4 Å². The number of methoxy groups -OCH3 is 2. The number of esters is 1. The largest absolute Gasteiger partial charge is 0.493 e. The minimum Gasteiger partial charge on any atom is -0.493 e. The summed E-state index contributed by atoms with van der Waals surface area (Å²) in [5.41, 5.74) is 4.51. The molecule has 8 nitrogen and oxygen atoms in total. The first-order chi connectivity index (χ1) is 24.3. The molecule has 0 bridgehead atoms. The van der Waals surface area contributed by atoms with E-state index in [1.807, 2.05) is 85.1 Å². The molecule has 0 N–H and O–H groups in total. The number of ether oxygens (including phenoxy) is 3. The van der Waals surface area contributed by atoms with Crippen LogP contribution in [0, 0.1) is 0 Å². The van der Waals surface area contributed by atoms with Crippen molar-refractivity contribution in [2.24, 2.45) is 4.99 Å². The Morgan fingerprint density at radius 2 is 1.70 bits per heavy atom. The van der Waals surface area contributed by atoms with Crippen LogP contribution >= 0.6 is 34.5 Å². The zero-order valence-electron chi connectivity index (χ0n) is 27.4. The lowest BCUT2D eigenvalue weighted by Crippen LogP contribution is -2.40. The lowest BCUT2D eigenvalue weighted by atomic mass is 9.93. The minimum absolute atomic E-state index is 0.152. The molecular formula is C39H31Cl2N3O5S. The smallest absolute Gasteiger partial charge is 0.338 e. The van der Waals surface area contributed by atoms with Gasteiger partial charge in [0, 0.05) is 44.8 Å². The van der Waals surface area contributed by atoms with Crippen LogP contribution in [0.15, 0.2) is 113 Å². The molecule has 0 radical (unpaired) electrons. The van der Waals surface area contributed by atoms with Crippen molar-refractivity contribution in [2.45, 2.75) is 19.5 Å². The Kier molecular flexibility index (Phi) is 9.38. The van der Waals surface area contributed by atoms with Gasteiger partial charge in [-0.25, -0.2) is 9.79 Å². The van der Waals surface area contributed by atoms with E-state index < -0.39 is 12.0 Å². The van der Waals surface area contributed by atoms with Crippen molar-refractivity contribution in [1.82, 2.24) is 9.13 Å². The molecule has 0 aliphatic carbocycles. The van der Waals surface area contributed by atoms with Gasteiger partial charge in [0.2, 0.25) is 0 Å². The normalized spacial score (nSPS) is 14.4. The maximum absolute atomic E-state index is 14.6. The second kappa shape index (κ2) is 14.0. The summed E-state index contributed by atoms with van der Waals surface area (Å²) in [5.74, 6) is 0.417. The van der Waals surface area contributed by atoms with Gasteiger partial charge in [-0.3, -0.25) is 9.36 Å². The summed E-state index contributed by atoms with van der Waals surface area (Å²) in [5, 5.41) is 2.11. The number of para-hydroxylation sites is 1. The summed E-state index contributed by atoms with van der Waals surface area (Å²) in [4.78, 5) is 33.9. The third-order valence-electron chi connectivity index (χ3n) is 8.56. The first-order valence-corrected chi connectivity index (χ1v) is 17.4. The van der Waals surface area contributed by atoms with Crippen molar-refractivity contribution in [1.29, 1.82) is 0 Å². The number of aromatic nitrogens is 2. The Bertz CT molecular complexity index is 2480. The van der Waals surface area contributed by atoms with Crippen molar-refractivity contribution < 1.29 is 19.0 Å². The predicted molar refractivity (Wildman–Crippen MR) is 198 cm³/mol. The molecule has 1 unspecified atom stereocenters. The zero-order chi connectivity index (χ0) is 34.9. The number of thiazole rings is 1. The van der Waals surface area contributed by atoms with E-state index in [9.17, 15) is 9.59 Å². The van der Waals surface area contributed by atoms with Gasteiger partial charge in [-0.1, -0.05) is 95.2 Å². The lowest BCUT2D eigenvalue weighted by molar-refractivity contribution is -0.138. The number of hydrogen-bond acceptors (Lipinski definition) is 7. The summed E-state index contributed by atoms with van der Waals surface area (Å²) in [6, 6.07) is 27.4. The van der Waals surface area contributed by atoms with Gasteiger partial charge in [-0.2, -0.15) is 0 Å². The Balaban J connectivity index is 1.46. The van der Waals surface area contributed by atoms with Gasteiger partial charge in [0.15, 0.2) is 16.3 Å². The van der Waals surface area contributed by atoms with Crippen molar-refractivity contribution >= 4 is 63.2 Å². The SMILES string of the molecule is CCOC(=O)C1=C(c2ccccc2)N=c2s/c(=C/c3cn(Cc4ccc(Cl)cc4Cl)c4ccccc34)c(=O)n2C1c1ccc(OC)c(OC)c1. The van der Waals surface area contributed by atoms with Crippen LogP contribution in [0.3, 0.4) is 0 Å². The molecule has 6 aromatic rings. The van der Waals surface area contributed by atoms with Gasteiger partial charge in [0.1, 0.15) is 0 Å². The fourth-order valence-corrected chi connectivity index (χ4v) is 7.73. The van der Waals surface area contributed by atoms with Crippen LogP contribution in [-0.4, -0.2) is 35.9 Å². The molecule has 0 saturated heterocycles. The van der Waals surface area contributed by atoms with Crippen LogP contribution in [0.4, 0.5) is 0 Å². The monoisotopic (exact) mass is 723 g/mol. The molecule has 11 heteroatoms. The lowest BCUT2D eigenvalue weighted by Gasteiger charge is -2.26. The molecule has 50 heavy (non-hydrogen) atoms. The van der Waals surface area contributed by atoms with Gasteiger partial charge in [-0.05, 0) is 54.5 Å². The molecule has 3 heterocycles. The Labute approximate surface area is 301 Å². The van der Waals surface area contributed by atoms with Crippen LogP contribution in [0.2, 0.25) is 10.0 Å². The van der Waals surface area contributed by atoms with E-state index in [1.165, 1.54) is 11.3 Å². The number of nitrogens with zero attached hydrogens (tertiary/aromatic N) is 3. The number of carbonyl (C=O) groups excluding carboxylic acids is 1. The highest BCUT2D eigenvalue weighted by Gasteiger charge is 2.35. The molecular weight excluding hydrogens is 693 g/mol. The number of rotatable bonds is 9. The second-order valence-electron chi connectivity index (χ2n) is 11.5. The summed E-state index contributed by atoms with van der Waals surface area (Å²) in [6.45, 7) is 2.41. The topological polar surface area (TPSA) is 84.1 Å². The molecule has 1 aliphatic rings. The van der Waals surface area contributed by atoms with Gasteiger partial charge in [0.25, 0.3) is 5.56 Å². The number of benzene rings is 4. The average molecular weight is 725 g/mol. The zero-order valence-corrected chi connectivity index (χ0v) is 29.7. The Hall–Kier alpha value is -5.09. The molecule has 7 rings (SSSR count). The summed E-state index contributed by atoms with van der Waals surface area (Å²) in [7, 11) is 3.10. The van der Waals surface area contributed by atoms with Crippen LogP contribution < -0.4 is 24.4 Å². The highest BCUT2D eigenvalue weighted by atomic mass is 35.5. The fourth-order valence-electron chi connectivity index (χ4n) is 6.27. The molecule has 0 spiro atoms. The minimum atomic E-state index is -0.865. The number of halogens is 2. The van der Waals surface area contributed by atoms with Crippen LogP contribution in [0.5, 0.6) is 11.5 Å². The molecule has 0 amide bonds. The third-order valence-corrected chi connectivity index (χ3v) is 10.1. The van der Waals surface area contributed by atoms with Crippen molar-refractivity contribution in [3.8, 4) is 11.5 Å². The molecule has 1 atom stereocenters. The van der Waals surface area contributed by atoms with Gasteiger partial charge in [0.05, 0.1) is 42.7 Å². The van der Waals surface area contributed by atoms with Crippen molar-refractivity contribution in [3.63, 3.8) is 0 Å². The highest BCUT2D eigenvalue weighted by molar-refractivity contribution is 7.07. The van der Waals surface area contributed by atoms with Crippen LogP contribution in [0.25, 0.3) is 22.7 Å². The Morgan fingerprint density at radius 3 is 2.44 bits per heavy atom. The van der Waals surface area contributed by atoms with E-state index in [0.29, 0.717) is 48.7 Å². The van der Waals surface area contributed by atoms with Crippen molar-refractivity contribution in [3.05, 3.63) is 155 Å². The number of hydrogen-bond donors (Lipinski definition) is 0. The predicted octanol–water partition coefficient (Wildman–Crippen LogP) is 7.26. The van der Waals surface area contributed by atoms with E-state index in [2.05, 4.69) is 4.57 Å². The van der Waals surface area contributed by atoms with E-state index in [-0.39, 0.29) is 17.7 Å².